The Balaban J connectivity index is 2.22. The number of hydrogen-bond donors (Lipinski definition) is 1. The van der Waals surface area contributed by atoms with E-state index < -0.39 is 0 Å². The summed E-state index contributed by atoms with van der Waals surface area (Å²) in [7, 11) is 0. The van der Waals surface area contributed by atoms with Crippen molar-refractivity contribution < 1.29 is 14.6 Å². The third kappa shape index (κ3) is 3.45. The van der Waals surface area contributed by atoms with E-state index in [2.05, 4.69) is 11.9 Å². The van der Waals surface area contributed by atoms with Gasteiger partial charge in [0.05, 0.1) is 13.2 Å². The number of nitrogens with zero attached hydrogens (tertiary/aromatic N) is 1. The quantitative estimate of drug-likeness (QED) is 0.865. The summed E-state index contributed by atoms with van der Waals surface area (Å²) in [5.41, 5.74) is 0.646. The lowest BCUT2D eigenvalue weighted by molar-refractivity contribution is 0.273. The molecule has 0 amide bonds. The highest BCUT2D eigenvalue weighted by Crippen LogP contribution is 2.32. The van der Waals surface area contributed by atoms with Gasteiger partial charge in [-0.05, 0) is 24.6 Å². The lowest BCUT2D eigenvalue weighted by Gasteiger charge is -2.13. The summed E-state index contributed by atoms with van der Waals surface area (Å²) in [5.74, 6) is 1.92. The molecule has 2 rings (SSSR count). The van der Waals surface area contributed by atoms with Gasteiger partial charge < -0.3 is 14.6 Å². The molecule has 0 radical (unpaired) electrons. The molecule has 0 atom stereocenters. The second kappa shape index (κ2) is 6.75. The molecular formula is C15H17NO3. The Morgan fingerprint density at radius 3 is 2.63 bits per heavy atom. The van der Waals surface area contributed by atoms with Crippen molar-refractivity contribution in [1.82, 2.24) is 4.98 Å². The molecule has 0 aliphatic rings. The average Bonchev–Trinajstić information content (AvgIpc) is 2.47. The standard InChI is InChI=1S/C15H17NO3/c1-2-9-18-14-5-3-4-6-15(14)19-13-7-8-16-10-12(13)11-17/h3-8,10,17H,2,9,11H2,1H3. The summed E-state index contributed by atoms with van der Waals surface area (Å²) in [6.45, 7) is 2.58. The van der Waals surface area contributed by atoms with Crippen LogP contribution in [0.5, 0.6) is 17.2 Å². The highest BCUT2D eigenvalue weighted by atomic mass is 16.5. The molecule has 0 saturated heterocycles. The second-order valence-electron chi connectivity index (χ2n) is 4.04. The van der Waals surface area contributed by atoms with Crippen molar-refractivity contribution in [1.29, 1.82) is 0 Å². The maximum Gasteiger partial charge on any atom is 0.169 e. The molecule has 1 aromatic carbocycles. The van der Waals surface area contributed by atoms with Gasteiger partial charge in [0.25, 0.3) is 0 Å². The lowest BCUT2D eigenvalue weighted by atomic mass is 10.2. The van der Waals surface area contributed by atoms with E-state index in [0.717, 1.165) is 6.42 Å². The number of ether oxygens (including phenoxy) is 2. The van der Waals surface area contributed by atoms with Crippen LogP contribution in [0.1, 0.15) is 18.9 Å². The van der Waals surface area contributed by atoms with Gasteiger partial charge in [-0.1, -0.05) is 19.1 Å². The first-order valence-electron chi connectivity index (χ1n) is 6.28. The highest BCUT2D eigenvalue weighted by molar-refractivity contribution is 5.44. The number of hydrogen-bond acceptors (Lipinski definition) is 4. The first kappa shape index (κ1) is 13.4. The van der Waals surface area contributed by atoms with Gasteiger partial charge in [0.2, 0.25) is 0 Å². The Kier molecular flexibility index (Phi) is 4.75. The summed E-state index contributed by atoms with van der Waals surface area (Å²) < 4.78 is 11.4. The van der Waals surface area contributed by atoms with Crippen LogP contribution in [0.3, 0.4) is 0 Å². The van der Waals surface area contributed by atoms with Gasteiger partial charge in [0.15, 0.2) is 11.5 Å². The molecule has 2 aromatic rings. The third-order valence-electron chi connectivity index (χ3n) is 2.56. The largest absolute Gasteiger partial charge is 0.490 e. The molecule has 100 valence electrons. The Labute approximate surface area is 112 Å². The molecule has 1 heterocycles. The van der Waals surface area contributed by atoms with E-state index in [1.807, 2.05) is 24.3 Å². The van der Waals surface area contributed by atoms with Crippen molar-refractivity contribution in [3.8, 4) is 17.2 Å². The number of para-hydroxylation sites is 2. The Bertz CT molecular complexity index is 528. The fraction of sp³-hybridized carbons (Fsp3) is 0.267. The van der Waals surface area contributed by atoms with Crippen molar-refractivity contribution >= 4 is 0 Å². The molecule has 19 heavy (non-hydrogen) atoms. The molecule has 0 fully saturated rings. The van der Waals surface area contributed by atoms with Crippen LogP contribution in [0.15, 0.2) is 42.7 Å². The topological polar surface area (TPSA) is 51.6 Å². The first-order chi connectivity index (χ1) is 9.35. The fourth-order valence-electron chi connectivity index (χ4n) is 1.62. The molecule has 0 aliphatic heterocycles. The number of pyridine rings is 1. The minimum absolute atomic E-state index is 0.110. The molecule has 0 bridgehead atoms. The van der Waals surface area contributed by atoms with Crippen molar-refractivity contribution in [2.24, 2.45) is 0 Å². The zero-order valence-corrected chi connectivity index (χ0v) is 10.9. The first-order valence-corrected chi connectivity index (χ1v) is 6.28. The maximum atomic E-state index is 9.26. The van der Waals surface area contributed by atoms with Gasteiger partial charge in [0, 0.05) is 18.0 Å². The second-order valence-corrected chi connectivity index (χ2v) is 4.04. The Morgan fingerprint density at radius 2 is 1.89 bits per heavy atom. The molecule has 0 saturated carbocycles. The van der Waals surface area contributed by atoms with Gasteiger partial charge in [-0.15, -0.1) is 0 Å². The zero-order chi connectivity index (χ0) is 13.5. The summed E-state index contributed by atoms with van der Waals surface area (Å²) in [4.78, 5) is 3.96. The van der Waals surface area contributed by atoms with Crippen LogP contribution in [0.25, 0.3) is 0 Å². The van der Waals surface area contributed by atoms with Gasteiger partial charge >= 0.3 is 0 Å². The summed E-state index contributed by atoms with van der Waals surface area (Å²) in [6, 6.07) is 9.21. The molecule has 1 N–H and O–H groups in total. The van der Waals surface area contributed by atoms with Crippen molar-refractivity contribution in [2.75, 3.05) is 6.61 Å². The van der Waals surface area contributed by atoms with E-state index in [4.69, 9.17) is 9.47 Å². The maximum absolute atomic E-state index is 9.26. The van der Waals surface area contributed by atoms with E-state index in [1.165, 1.54) is 0 Å². The van der Waals surface area contributed by atoms with Crippen LogP contribution in [-0.2, 0) is 6.61 Å². The van der Waals surface area contributed by atoms with E-state index in [9.17, 15) is 5.11 Å². The van der Waals surface area contributed by atoms with Crippen LogP contribution in [0.4, 0.5) is 0 Å². The van der Waals surface area contributed by atoms with Gasteiger partial charge in [-0.25, -0.2) is 0 Å². The molecule has 1 aromatic heterocycles. The van der Waals surface area contributed by atoms with Crippen molar-refractivity contribution in [3.05, 3.63) is 48.3 Å². The lowest BCUT2D eigenvalue weighted by Crippen LogP contribution is -1.98. The molecule has 0 spiro atoms. The van der Waals surface area contributed by atoms with E-state index in [0.29, 0.717) is 29.4 Å². The minimum Gasteiger partial charge on any atom is -0.490 e. The van der Waals surface area contributed by atoms with Gasteiger partial charge in [-0.2, -0.15) is 0 Å². The van der Waals surface area contributed by atoms with E-state index in [-0.39, 0.29) is 6.61 Å². The van der Waals surface area contributed by atoms with Crippen LogP contribution in [0, 0.1) is 0 Å². The number of rotatable bonds is 6. The summed E-state index contributed by atoms with van der Waals surface area (Å²) in [6.07, 6.45) is 4.15. The Hall–Kier alpha value is -2.07. The monoisotopic (exact) mass is 259 g/mol. The minimum atomic E-state index is -0.110. The molecule has 4 nitrogen and oxygen atoms in total. The van der Waals surface area contributed by atoms with Crippen LogP contribution < -0.4 is 9.47 Å². The van der Waals surface area contributed by atoms with Gasteiger partial charge in [0.1, 0.15) is 5.75 Å². The summed E-state index contributed by atoms with van der Waals surface area (Å²) in [5, 5.41) is 9.26. The molecular weight excluding hydrogens is 242 g/mol. The smallest absolute Gasteiger partial charge is 0.169 e. The van der Waals surface area contributed by atoms with E-state index >= 15 is 0 Å². The average molecular weight is 259 g/mol. The van der Waals surface area contributed by atoms with Crippen LogP contribution >= 0.6 is 0 Å². The van der Waals surface area contributed by atoms with Crippen molar-refractivity contribution in [3.63, 3.8) is 0 Å². The number of aliphatic hydroxyl groups is 1. The van der Waals surface area contributed by atoms with Crippen LogP contribution in [-0.4, -0.2) is 16.7 Å². The molecule has 4 heteroatoms. The highest BCUT2D eigenvalue weighted by Gasteiger charge is 2.08. The normalized spacial score (nSPS) is 10.2. The van der Waals surface area contributed by atoms with Crippen molar-refractivity contribution in [2.45, 2.75) is 20.0 Å². The predicted octanol–water partition coefficient (Wildman–Crippen LogP) is 3.16. The van der Waals surface area contributed by atoms with E-state index in [1.54, 1.807) is 18.5 Å². The molecule has 0 aliphatic carbocycles. The SMILES string of the molecule is CCCOc1ccccc1Oc1ccncc1CO. The zero-order valence-electron chi connectivity index (χ0n) is 10.9. The summed E-state index contributed by atoms with van der Waals surface area (Å²) >= 11 is 0. The fourth-order valence-corrected chi connectivity index (χ4v) is 1.62. The number of aromatic nitrogens is 1. The number of aliphatic hydroxyl groups excluding tert-OH is 1. The third-order valence-corrected chi connectivity index (χ3v) is 2.56. The number of benzene rings is 1. The van der Waals surface area contributed by atoms with Gasteiger partial charge in [-0.3, -0.25) is 4.98 Å². The van der Waals surface area contributed by atoms with Crippen LogP contribution in [0.2, 0.25) is 0 Å². The predicted molar refractivity (Wildman–Crippen MR) is 72.5 cm³/mol. The Morgan fingerprint density at radius 1 is 1.11 bits per heavy atom. The molecule has 0 unspecified atom stereocenters.